The first kappa shape index (κ1) is 27.6. The van der Waals surface area contributed by atoms with Gasteiger partial charge in [0.25, 0.3) is 5.91 Å². The molecule has 1 spiro atoms. The Morgan fingerprint density at radius 2 is 1.74 bits per heavy atom. The molecule has 0 aliphatic carbocycles. The van der Waals surface area contributed by atoms with Crippen molar-refractivity contribution in [3.8, 4) is 0 Å². The monoisotopic (exact) mass is 551 g/mol. The van der Waals surface area contributed by atoms with Crippen molar-refractivity contribution in [1.29, 1.82) is 0 Å². The number of carbonyl (C=O) groups is 2. The van der Waals surface area contributed by atoms with Gasteiger partial charge in [-0.1, -0.05) is 6.07 Å². The van der Waals surface area contributed by atoms with Gasteiger partial charge in [0, 0.05) is 31.4 Å². The fraction of sp³-hybridized carbons (Fsp3) is 0.400. The van der Waals surface area contributed by atoms with Gasteiger partial charge >= 0.3 is 6.18 Å². The van der Waals surface area contributed by atoms with Crippen LogP contribution in [0.2, 0.25) is 0 Å². The summed E-state index contributed by atoms with van der Waals surface area (Å²) in [6.45, 7) is 3.50. The molecular weight excluding hydrogens is 523 g/mol. The maximum Gasteiger partial charge on any atom is 0.416 e. The highest BCUT2D eigenvalue weighted by atomic mass is 32.2. The Balaban J connectivity index is 1.35. The molecule has 204 valence electrons. The van der Waals surface area contributed by atoms with E-state index in [0.717, 1.165) is 23.3 Å². The van der Waals surface area contributed by atoms with Gasteiger partial charge in [0.2, 0.25) is 21.9 Å². The summed E-state index contributed by atoms with van der Waals surface area (Å²) >= 11 is 0. The summed E-state index contributed by atoms with van der Waals surface area (Å²) in [7, 11) is -3.59. The largest absolute Gasteiger partial charge is 0.416 e. The molecule has 0 atom stereocenters. The molecule has 0 saturated carbocycles. The molecule has 2 amide bonds. The van der Waals surface area contributed by atoms with Crippen LogP contribution in [-0.2, 0) is 32.2 Å². The van der Waals surface area contributed by atoms with E-state index in [-0.39, 0.29) is 49.5 Å². The molecule has 3 N–H and O–H groups in total. The summed E-state index contributed by atoms with van der Waals surface area (Å²) in [5.74, 6) is -0.551. The van der Waals surface area contributed by atoms with E-state index in [9.17, 15) is 31.2 Å². The topological polar surface area (TPSA) is 120 Å². The molecule has 2 aliphatic rings. The Kier molecular flexibility index (Phi) is 7.53. The summed E-state index contributed by atoms with van der Waals surface area (Å²) in [6, 6.07) is 9.66. The van der Waals surface area contributed by atoms with E-state index >= 15 is 0 Å². The van der Waals surface area contributed by atoms with Crippen LogP contribution in [-0.4, -0.2) is 54.9 Å². The highest BCUT2D eigenvalue weighted by Crippen LogP contribution is 2.32. The van der Waals surface area contributed by atoms with Gasteiger partial charge in [-0.05, 0) is 73.7 Å². The second-order valence-electron chi connectivity index (χ2n) is 9.43. The molecular formula is C25H28F3N5O4S. The van der Waals surface area contributed by atoms with E-state index in [4.69, 9.17) is 0 Å². The normalized spacial score (nSPS) is 17.7. The molecule has 2 heterocycles. The van der Waals surface area contributed by atoms with Gasteiger partial charge in [-0.15, -0.1) is 0 Å². The number of rotatable bonds is 6. The Hall–Kier alpha value is -3.45. The molecule has 9 nitrogen and oxygen atoms in total. The minimum atomic E-state index is -4.45. The minimum absolute atomic E-state index is 0.101. The SMILES string of the molecule is CC(=O)Nc1ccc(CCS(=O)(=O)N2CCC3(CC2)N=C(Nc2ccc(C(F)(F)F)cc2)NC3=O)c(C)c1. The van der Waals surface area contributed by atoms with Crippen LogP contribution in [0.1, 0.15) is 36.5 Å². The number of halogens is 3. The number of aliphatic imine (C=N–C) groups is 1. The predicted octanol–water partition coefficient (Wildman–Crippen LogP) is 3.28. The number of anilines is 2. The van der Waals surface area contributed by atoms with E-state index in [1.165, 1.54) is 23.4 Å². The van der Waals surface area contributed by atoms with Gasteiger partial charge in [-0.3, -0.25) is 14.9 Å². The summed E-state index contributed by atoms with van der Waals surface area (Å²) < 4.78 is 65.7. The van der Waals surface area contributed by atoms with Crippen molar-refractivity contribution >= 4 is 39.2 Å². The van der Waals surface area contributed by atoms with Gasteiger partial charge in [0.05, 0.1) is 11.3 Å². The van der Waals surface area contributed by atoms with Crippen LogP contribution in [0.5, 0.6) is 0 Å². The number of amides is 2. The van der Waals surface area contributed by atoms with Crippen LogP contribution in [0.4, 0.5) is 24.5 Å². The van der Waals surface area contributed by atoms with Crippen LogP contribution in [0, 0.1) is 6.92 Å². The second-order valence-corrected chi connectivity index (χ2v) is 11.5. The van der Waals surface area contributed by atoms with E-state index in [0.29, 0.717) is 17.8 Å². The zero-order valence-electron chi connectivity index (χ0n) is 20.9. The van der Waals surface area contributed by atoms with E-state index < -0.39 is 27.3 Å². The van der Waals surface area contributed by atoms with Gasteiger partial charge in [0.1, 0.15) is 5.54 Å². The standard InChI is InChI=1S/C25H28F3N5O4S/c1-16-15-21(29-17(2)34)6-3-18(16)9-14-38(36,37)33-12-10-24(11-13-33)22(35)31-23(32-24)30-20-7-4-19(5-8-20)25(26,27)28/h3-8,15H,9-14H2,1-2H3,(H,29,34)(H2,30,31,32,35). The number of piperidine rings is 1. The summed E-state index contributed by atoms with van der Waals surface area (Å²) in [5.41, 5.74) is 0.780. The first-order valence-electron chi connectivity index (χ1n) is 12.0. The summed E-state index contributed by atoms with van der Waals surface area (Å²) in [6.07, 6.45) is -3.79. The third-order valence-corrected chi connectivity index (χ3v) is 8.56. The maximum absolute atomic E-state index is 13.0. The highest BCUT2D eigenvalue weighted by Gasteiger charge is 2.47. The first-order chi connectivity index (χ1) is 17.8. The number of guanidine groups is 1. The average molecular weight is 552 g/mol. The molecule has 0 unspecified atom stereocenters. The smallest absolute Gasteiger partial charge is 0.326 e. The molecule has 0 bridgehead atoms. The molecule has 2 aliphatic heterocycles. The fourth-order valence-electron chi connectivity index (χ4n) is 4.55. The van der Waals surface area contributed by atoms with Crippen LogP contribution in [0.3, 0.4) is 0 Å². The van der Waals surface area contributed by atoms with Crippen LogP contribution in [0.25, 0.3) is 0 Å². The van der Waals surface area contributed by atoms with Crippen molar-refractivity contribution in [1.82, 2.24) is 9.62 Å². The Labute approximate surface area is 218 Å². The quantitative estimate of drug-likeness (QED) is 0.509. The number of hydrogen-bond donors (Lipinski definition) is 3. The van der Waals surface area contributed by atoms with Crippen molar-refractivity contribution in [3.05, 3.63) is 59.2 Å². The van der Waals surface area contributed by atoms with Gasteiger partial charge in [-0.25, -0.2) is 17.7 Å². The van der Waals surface area contributed by atoms with Crippen molar-refractivity contribution in [2.75, 3.05) is 29.5 Å². The zero-order chi connectivity index (χ0) is 27.7. The second kappa shape index (κ2) is 10.4. The van der Waals surface area contributed by atoms with Crippen molar-refractivity contribution in [3.63, 3.8) is 0 Å². The van der Waals surface area contributed by atoms with Crippen LogP contribution in [0.15, 0.2) is 47.5 Å². The first-order valence-corrected chi connectivity index (χ1v) is 13.6. The van der Waals surface area contributed by atoms with Crippen molar-refractivity contribution in [2.45, 2.75) is 44.8 Å². The number of benzene rings is 2. The molecule has 0 aromatic heterocycles. The van der Waals surface area contributed by atoms with Crippen molar-refractivity contribution < 1.29 is 31.2 Å². The van der Waals surface area contributed by atoms with E-state index in [1.807, 2.05) is 6.92 Å². The lowest BCUT2D eigenvalue weighted by Gasteiger charge is -2.34. The lowest BCUT2D eigenvalue weighted by atomic mass is 9.89. The van der Waals surface area contributed by atoms with E-state index in [1.54, 1.807) is 18.2 Å². The predicted molar refractivity (Wildman–Crippen MR) is 137 cm³/mol. The Bertz CT molecular complexity index is 1370. The Morgan fingerprint density at radius 1 is 1.11 bits per heavy atom. The third kappa shape index (κ3) is 6.16. The summed E-state index contributed by atoms with van der Waals surface area (Å²) in [5, 5.41) is 8.12. The number of nitrogens with zero attached hydrogens (tertiary/aromatic N) is 2. The number of sulfonamides is 1. The molecule has 1 saturated heterocycles. The highest BCUT2D eigenvalue weighted by molar-refractivity contribution is 7.89. The third-order valence-electron chi connectivity index (χ3n) is 6.69. The van der Waals surface area contributed by atoms with Gasteiger partial charge in [-0.2, -0.15) is 13.2 Å². The zero-order valence-corrected chi connectivity index (χ0v) is 21.7. The molecule has 0 radical (unpaired) electrons. The lowest BCUT2D eigenvalue weighted by Crippen LogP contribution is -2.51. The van der Waals surface area contributed by atoms with Gasteiger partial charge in [0.15, 0.2) is 0 Å². The number of nitrogens with one attached hydrogen (secondary N) is 3. The van der Waals surface area contributed by atoms with Gasteiger partial charge < -0.3 is 10.6 Å². The van der Waals surface area contributed by atoms with E-state index in [2.05, 4.69) is 20.9 Å². The number of alkyl halides is 3. The molecule has 1 fully saturated rings. The number of aryl methyl sites for hydroxylation is 2. The molecule has 13 heteroatoms. The lowest BCUT2D eigenvalue weighted by molar-refractivity contribution is -0.137. The molecule has 2 aromatic carbocycles. The fourth-order valence-corrected chi connectivity index (χ4v) is 6.03. The number of carbonyl (C=O) groups excluding carboxylic acids is 2. The van der Waals surface area contributed by atoms with Crippen LogP contribution < -0.4 is 16.0 Å². The van der Waals surface area contributed by atoms with Crippen LogP contribution >= 0.6 is 0 Å². The maximum atomic E-state index is 13.0. The number of hydrogen-bond acceptors (Lipinski definition) is 6. The molecule has 2 aromatic rings. The molecule has 38 heavy (non-hydrogen) atoms. The Morgan fingerprint density at radius 3 is 2.32 bits per heavy atom. The average Bonchev–Trinajstić information content (AvgIpc) is 3.12. The molecule has 4 rings (SSSR count). The minimum Gasteiger partial charge on any atom is -0.326 e. The summed E-state index contributed by atoms with van der Waals surface area (Å²) in [4.78, 5) is 28.4. The van der Waals surface area contributed by atoms with Crippen molar-refractivity contribution in [2.24, 2.45) is 4.99 Å².